The van der Waals surface area contributed by atoms with E-state index in [4.69, 9.17) is 11.6 Å². The zero-order valence-electron chi connectivity index (χ0n) is 11.7. The highest BCUT2D eigenvalue weighted by Gasteiger charge is 2.20. The Kier molecular flexibility index (Phi) is 4.42. The van der Waals surface area contributed by atoms with Crippen molar-refractivity contribution in [3.05, 3.63) is 64.9 Å². The molecule has 2 nitrogen and oxygen atoms in total. The lowest BCUT2D eigenvalue weighted by atomic mass is 10.0. The average molecular weight is 305 g/mol. The summed E-state index contributed by atoms with van der Waals surface area (Å²) in [6.45, 7) is 2.62. The van der Waals surface area contributed by atoms with Crippen molar-refractivity contribution in [3.8, 4) is 0 Å². The van der Waals surface area contributed by atoms with Gasteiger partial charge in [-0.25, -0.2) is 4.39 Å². The van der Waals surface area contributed by atoms with Gasteiger partial charge in [0.25, 0.3) is 0 Å². The van der Waals surface area contributed by atoms with E-state index in [1.807, 2.05) is 12.1 Å². The molecule has 3 rings (SSSR count). The molecule has 0 aromatic heterocycles. The summed E-state index contributed by atoms with van der Waals surface area (Å²) in [5.41, 5.74) is 2.17. The topological polar surface area (TPSA) is 15.3 Å². The van der Waals surface area contributed by atoms with Crippen LogP contribution in [-0.2, 0) is 6.42 Å². The number of halogens is 2. The van der Waals surface area contributed by atoms with Gasteiger partial charge in [-0.2, -0.15) is 0 Å². The van der Waals surface area contributed by atoms with Gasteiger partial charge >= 0.3 is 0 Å². The minimum absolute atomic E-state index is 0.282. The molecule has 1 saturated heterocycles. The summed E-state index contributed by atoms with van der Waals surface area (Å²) in [7, 11) is 0. The standard InChI is InChI=1S/C17H18ClFN2/c18-14-9-15(19)11-17(10-14)21-7-6-20-16(12-21)8-13-4-2-1-3-5-13/h1-5,9-11,16,20H,6-8,12H2. The highest BCUT2D eigenvalue weighted by atomic mass is 35.5. The minimum Gasteiger partial charge on any atom is -0.369 e. The average Bonchev–Trinajstić information content (AvgIpc) is 2.47. The Morgan fingerprint density at radius 2 is 2.00 bits per heavy atom. The van der Waals surface area contributed by atoms with Crippen molar-refractivity contribution in [1.82, 2.24) is 5.32 Å². The Morgan fingerprint density at radius 3 is 2.76 bits per heavy atom. The first-order valence-corrected chi connectivity index (χ1v) is 7.57. The largest absolute Gasteiger partial charge is 0.369 e. The van der Waals surface area contributed by atoms with Crippen LogP contribution < -0.4 is 10.2 Å². The van der Waals surface area contributed by atoms with Gasteiger partial charge in [0.2, 0.25) is 0 Å². The molecule has 0 amide bonds. The molecule has 2 aromatic rings. The highest BCUT2D eigenvalue weighted by Crippen LogP contribution is 2.23. The number of rotatable bonds is 3. The fourth-order valence-corrected chi connectivity index (χ4v) is 3.03. The van der Waals surface area contributed by atoms with E-state index >= 15 is 0 Å². The van der Waals surface area contributed by atoms with E-state index in [1.165, 1.54) is 11.6 Å². The summed E-state index contributed by atoms with van der Waals surface area (Å²) in [5, 5.41) is 3.98. The van der Waals surface area contributed by atoms with Crippen LogP contribution in [0, 0.1) is 5.82 Å². The number of benzene rings is 2. The van der Waals surface area contributed by atoms with E-state index in [2.05, 4.69) is 34.5 Å². The Balaban J connectivity index is 1.70. The molecular weight excluding hydrogens is 287 g/mol. The zero-order valence-corrected chi connectivity index (χ0v) is 12.5. The first kappa shape index (κ1) is 14.4. The lowest BCUT2D eigenvalue weighted by molar-refractivity contribution is 0.454. The molecule has 1 atom stereocenters. The normalized spacial score (nSPS) is 18.8. The Morgan fingerprint density at radius 1 is 1.19 bits per heavy atom. The molecule has 4 heteroatoms. The summed E-state index contributed by atoms with van der Waals surface area (Å²) >= 11 is 5.95. The van der Waals surface area contributed by atoms with Gasteiger partial charge in [-0.05, 0) is 30.2 Å². The van der Waals surface area contributed by atoms with Crippen molar-refractivity contribution in [3.63, 3.8) is 0 Å². The molecule has 0 bridgehead atoms. The quantitative estimate of drug-likeness (QED) is 0.933. The number of nitrogens with one attached hydrogen (secondary N) is 1. The van der Waals surface area contributed by atoms with Crippen LogP contribution in [0.4, 0.5) is 10.1 Å². The van der Waals surface area contributed by atoms with Crippen LogP contribution in [0.1, 0.15) is 5.56 Å². The van der Waals surface area contributed by atoms with Crippen LogP contribution in [0.3, 0.4) is 0 Å². The summed E-state index contributed by atoms with van der Waals surface area (Å²) in [6, 6.07) is 15.5. The van der Waals surface area contributed by atoms with Crippen LogP contribution in [0.5, 0.6) is 0 Å². The lowest BCUT2D eigenvalue weighted by Crippen LogP contribution is -2.51. The van der Waals surface area contributed by atoms with Gasteiger partial charge in [-0.1, -0.05) is 41.9 Å². The minimum atomic E-state index is -0.282. The summed E-state index contributed by atoms with van der Waals surface area (Å²) in [4.78, 5) is 2.19. The van der Waals surface area contributed by atoms with E-state index < -0.39 is 0 Å². The molecular formula is C17H18ClFN2. The predicted molar refractivity (Wildman–Crippen MR) is 85.6 cm³/mol. The van der Waals surface area contributed by atoms with Gasteiger partial charge < -0.3 is 10.2 Å². The van der Waals surface area contributed by atoms with Crippen molar-refractivity contribution < 1.29 is 4.39 Å². The molecule has 1 aliphatic heterocycles. The zero-order chi connectivity index (χ0) is 14.7. The molecule has 0 aliphatic carbocycles. The van der Waals surface area contributed by atoms with Crippen LogP contribution in [0.25, 0.3) is 0 Å². The summed E-state index contributed by atoms with van der Waals surface area (Å²) < 4.78 is 13.5. The van der Waals surface area contributed by atoms with E-state index in [0.717, 1.165) is 31.7 Å². The molecule has 110 valence electrons. The molecule has 0 spiro atoms. The molecule has 1 aliphatic rings. The maximum atomic E-state index is 13.5. The van der Waals surface area contributed by atoms with Crippen molar-refractivity contribution in [1.29, 1.82) is 0 Å². The molecule has 1 fully saturated rings. The third-order valence-electron chi connectivity index (χ3n) is 3.79. The van der Waals surface area contributed by atoms with E-state index in [1.54, 1.807) is 6.07 Å². The smallest absolute Gasteiger partial charge is 0.126 e. The van der Waals surface area contributed by atoms with Gasteiger partial charge in [-0.15, -0.1) is 0 Å². The molecule has 1 heterocycles. The molecule has 0 radical (unpaired) electrons. The Bertz CT molecular complexity index is 583. The number of anilines is 1. The molecule has 1 unspecified atom stereocenters. The van der Waals surface area contributed by atoms with Crippen LogP contribution in [-0.4, -0.2) is 25.7 Å². The second kappa shape index (κ2) is 6.46. The van der Waals surface area contributed by atoms with Crippen molar-refractivity contribution in [2.24, 2.45) is 0 Å². The van der Waals surface area contributed by atoms with Gasteiger partial charge in [0.05, 0.1) is 0 Å². The number of hydrogen-bond donors (Lipinski definition) is 1. The maximum Gasteiger partial charge on any atom is 0.126 e. The van der Waals surface area contributed by atoms with E-state index in [0.29, 0.717) is 11.1 Å². The van der Waals surface area contributed by atoms with Gasteiger partial charge in [0.15, 0.2) is 0 Å². The number of hydrogen-bond acceptors (Lipinski definition) is 2. The first-order chi connectivity index (χ1) is 10.2. The summed E-state index contributed by atoms with van der Waals surface area (Å²) in [5.74, 6) is -0.282. The second-order valence-electron chi connectivity index (χ2n) is 5.41. The molecule has 1 N–H and O–H groups in total. The first-order valence-electron chi connectivity index (χ1n) is 7.19. The van der Waals surface area contributed by atoms with E-state index in [-0.39, 0.29) is 5.82 Å². The predicted octanol–water partition coefficient (Wildman–Crippen LogP) is 3.50. The Labute approximate surface area is 129 Å². The second-order valence-corrected chi connectivity index (χ2v) is 5.85. The molecule has 0 saturated carbocycles. The fourth-order valence-electron chi connectivity index (χ4n) is 2.82. The van der Waals surface area contributed by atoms with Crippen LogP contribution >= 0.6 is 11.6 Å². The Hall–Kier alpha value is -1.58. The molecule has 2 aromatic carbocycles. The van der Waals surface area contributed by atoms with Gasteiger partial charge in [0.1, 0.15) is 5.82 Å². The van der Waals surface area contributed by atoms with Crippen molar-refractivity contribution in [2.75, 3.05) is 24.5 Å². The van der Waals surface area contributed by atoms with Gasteiger partial charge in [-0.3, -0.25) is 0 Å². The van der Waals surface area contributed by atoms with E-state index in [9.17, 15) is 4.39 Å². The number of piperazine rings is 1. The maximum absolute atomic E-state index is 13.5. The third kappa shape index (κ3) is 3.74. The SMILES string of the molecule is Fc1cc(Cl)cc(N2CCNC(Cc3ccccc3)C2)c1. The highest BCUT2D eigenvalue weighted by molar-refractivity contribution is 6.30. The van der Waals surface area contributed by atoms with Crippen molar-refractivity contribution >= 4 is 17.3 Å². The lowest BCUT2D eigenvalue weighted by Gasteiger charge is -2.35. The fraction of sp³-hybridized carbons (Fsp3) is 0.294. The monoisotopic (exact) mass is 304 g/mol. The van der Waals surface area contributed by atoms with Crippen LogP contribution in [0.15, 0.2) is 48.5 Å². The number of nitrogens with zero attached hydrogens (tertiary/aromatic N) is 1. The van der Waals surface area contributed by atoms with Crippen LogP contribution in [0.2, 0.25) is 5.02 Å². The third-order valence-corrected chi connectivity index (χ3v) is 4.01. The molecule has 21 heavy (non-hydrogen) atoms. The van der Waals surface area contributed by atoms with Gasteiger partial charge in [0, 0.05) is 36.4 Å². The summed E-state index contributed by atoms with van der Waals surface area (Å²) in [6.07, 6.45) is 0.973. The van der Waals surface area contributed by atoms with Crippen molar-refractivity contribution in [2.45, 2.75) is 12.5 Å².